The predicted octanol–water partition coefficient (Wildman–Crippen LogP) is 3.47. The maximum atomic E-state index is 13.4. The molecule has 1 heterocycles. The molecule has 0 aliphatic carbocycles. The molecular formula is C22H27ClFN3O3S. The fraction of sp³-hybridized carbons (Fsp3) is 0.409. The second-order valence-electron chi connectivity index (χ2n) is 7.43. The Balaban J connectivity index is 1.62. The molecule has 0 saturated carbocycles. The average molecular weight is 468 g/mol. The van der Waals surface area contributed by atoms with E-state index in [2.05, 4.69) is 18.7 Å². The highest BCUT2D eigenvalue weighted by atomic mass is 35.5. The molecule has 3 rings (SSSR count). The van der Waals surface area contributed by atoms with Crippen LogP contribution in [-0.4, -0.2) is 67.7 Å². The molecule has 6 nitrogen and oxygen atoms in total. The summed E-state index contributed by atoms with van der Waals surface area (Å²) in [5.41, 5.74) is 1.74. The standard InChI is InChI=1S/C22H27ClFN3O3S/c1-3-25(4-2)16-17-5-7-18(8-6-17)22(28)26-11-13-27(14-12-26)31(29,30)19-9-10-21(24)20(23)15-19/h5-10,15H,3-4,11-14,16H2,1-2H3. The number of carbonyl (C=O) groups is 1. The van der Waals surface area contributed by atoms with Crippen molar-refractivity contribution in [2.45, 2.75) is 25.3 Å². The first-order chi connectivity index (χ1) is 14.8. The molecule has 168 valence electrons. The summed E-state index contributed by atoms with van der Waals surface area (Å²) < 4.78 is 40.3. The maximum Gasteiger partial charge on any atom is 0.253 e. The van der Waals surface area contributed by atoms with Crippen LogP contribution in [0.5, 0.6) is 0 Å². The number of rotatable bonds is 7. The quantitative estimate of drug-likeness (QED) is 0.625. The van der Waals surface area contributed by atoms with Crippen molar-refractivity contribution in [1.29, 1.82) is 0 Å². The lowest BCUT2D eigenvalue weighted by Crippen LogP contribution is -2.50. The third-order valence-corrected chi connectivity index (χ3v) is 7.74. The van der Waals surface area contributed by atoms with E-state index in [1.165, 1.54) is 10.4 Å². The summed E-state index contributed by atoms with van der Waals surface area (Å²) in [6, 6.07) is 10.9. The van der Waals surface area contributed by atoms with Crippen molar-refractivity contribution < 1.29 is 17.6 Å². The predicted molar refractivity (Wildman–Crippen MR) is 119 cm³/mol. The Hall–Kier alpha value is -2.00. The van der Waals surface area contributed by atoms with Gasteiger partial charge in [-0.1, -0.05) is 37.6 Å². The highest BCUT2D eigenvalue weighted by Crippen LogP contribution is 2.23. The molecule has 1 amide bonds. The zero-order chi connectivity index (χ0) is 22.6. The summed E-state index contributed by atoms with van der Waals surface area (Å²) in [6.07, 6.45) is 0. The fourth-order valence-electron chi connectivity index (χ4n) is 3.56. The summed E-state index contributed by atoms with van der Waals surface area (Å²) >= 11 is 5.73. The number of nitrogens with zero attached hydrogens (tertiary/aromatic N) is 3. The minimum absolute atomic E-state index is 0.0533. The van der Waals surface area contributed by atoms with Gasteiger partial charge in [0.25, 0.3) is 5.91 Å². The number of sulfonamides is 1. The van der Waals surface area contributed by atoms with Gasteiger partial charge in [-0.05, 0) is 49.0 Å². The van der Waals surface area contributed by atoms with Gasteiger partial charge in [-0.15, -0.1) is 0 Å². The summed E-state index contributed by atoms with van der Waals surface area (Å²) in [4.78, 5) is 16.7. The van der Waals surface area contributed by atoms with Crippen LogP contribution in [0, 0.1) is 5.82 Å². The molecule has 1 saturated heterocycles. The first-order valence-electron chi connectivity index (χ1n) is 10.3. The molecule has 2 aromatic carbocycles. The topological polar surface area (TPSA) is 60.9 Å². The van der Waals surface area contributed by atoms with Gasteiger partial charge in [0, 0.05) is 38.3 Å². The smallest absolute Gasteiger partial charge is 0.253 e. The van der Waals surface area contributed by atoms with Crippen LogP contribution in [0.25, 0.3) is 0 Å². The van der Waals surface area contributed by atoms with E-state index in [-0.39, 0.29) is 42.0 Å². The lowest BCUT2D eigenvalue weighted by molar-refractivity contribution is 0.0698. The van der Waals surface area contributed by atoms with Crippen LogP contribution in [-0.2, 0) is 16.6 Å². The second-order valence-corrected chi connectivity index (χ2v) is 9.78. The Morgan fingerprint density at radius 1 is 1.03 bits per heavy atom. The minimum Gasteiger partial charge on any atom is -0.336 e. The highest BCUT2D eigenvalue weighted by Gasteiger charge is 2.30. The van der Waals surface area contributed by atoms with Crippen LogP contribution in [0.1, 0.15) is 29.8 Å². The van der Waals surface area contributed by atoms with Gasteiger partial charge in [-0.25, -0.2) is 12.8 Å². The normalized spacial score (nSPS) is 15.5. The van der Waals surface area contributed by atoms with Crippen LogP contribution in [0.4, 0.5) is 4.39 Å². The highest BCUT2D eigenvalue weighted by molar-refractivity contribution is 7.89. The Morgan fingerprint density at radius 3 is 2.19 bits per heavy atom. The number of benzene rings is 2. The van der Waals surface area contributed by atoms with E-state index >= 15 is 0 Å². The van der Waals surface area contributed by atoms with Gasteiger partial charge in [0.2, 0.25) is 10.0 Å². The van der Waals surface area contributed by atoms with E-state index in [0.717, 1.165) is 37.3 Å². The van der Waals surface area contributed by atoms with E-state index in [1.807, 2.05) is 24.3 Å². The minimum atomic E-state index is -3.80. The fourth-order valence-corrected chi connectivity index (χ4v) is 5.25. The number of halogens is 2. The second kappa shape index (κ2) is 10.1. The molecule has 0 atom stereocenters. The van der Waals surface area contributed by atoms with Gasteiger partial charge < -0.3 is 4.90 Å². The van der Waals surface area contributed by atoms with Crippen LogP contribution < -0.4 is 0 Å². The zero-order valence-corrected chi connectivity index (χ0v) is 19.3. The van der Waals surface area contributed by atoms with Gasteiger partial charge in [0.05, 0.1) is 9.92 Å². The molecule has 0 spiro atoms. The van der Waals surface area contributed by atoms with Crippen molar-refractivity contribution in [3.05, 3.63) is 64.4 Å². The van der Waals surface area contributed by atoms with Crippen molar-refractivity contribution in [2.75, 3.05) is 39.3 Å². The molecule has 1 aliphatic rings. The Bertz CT molecular complexity index is 1020. The molecular weight excluding hydrogens is 441 g/mol. The van der Waals surface area contributed by atoms with Crippen LogP contribution in [0.2, 0.25) is 5.02 Å². The van der Waals surface area contributed by atoms with Crippen LogP contribution in [0.3, 0.4) is 0 Å². The largest absolute Gasteiger partial charge is 0.336 e. The Labute approximate surface area is 188 Å². The van der Waals surface area contributed by atoms with E-state index < -0.39 is 15.8 Å². The van der Waals surface area contributed by atoms with Crippen molar-refractivity contribution in [3.8, 4) is 0 Å². The lowest BCUT2D eigenvalue weighted by Gasteiger charge is -2.34. The van der Waals surface area contributed by atoms with E-state index in [1.54, 1.807) is 4.90 Å². The van der Waals surface area contributed by atoms with Gasteiger partial charge in [-0.3, -0.25) is 9.69 Å². The van der Waals surface area contributed by atoms with Gasteiger partial charge in [0.1, 0.15) is 5.82 Å². The number of hydrogen-bond acceptors (Lipinski definition) is 4. The van der Waals surface area contributed by atoms with Crippen molar-refractivity contribution in [3.63, 3.8) is 0 Å². The molecule has 9 heteroatoms. The lowest BCUT2D eigenvalue weighted by atomic mass is 10.1. The third-order valence-electron chi connectivity index (χ3n) is 5.56. The zero-order valence-electron chi connectivity index (χ0n) is 17.7. The van der Waals surface area contributed by atoms with Crippen molar-refractivity contribution in [2.24, 2.45) is 0 Å². The van der Waals surface area contributed by atoms with E-state index in [4.69, 9.17) is 11.6 Å². The van der Waals surface area contributed by atoms with Gasteiger partial charge in [-0.2, -0.15) is 4.31 Å². The summed E-state index contributed by atoms with van der Waals surface area (Å²) in [5.74, 6) is -0.782. The number of piperazine rings is 1. The Morgan fingerprint density at radius 2 is 1.65 bits per heavy atom. The van der Waals surface area contributed by atoms with Gasteiger partial charge in [0.15, 0.2) is 0 Å². The molecule has 0 N–H and O–H groups in total. The molecule has 0 unspecified atom stereocenters. The third kappa shape index (κ3) is 5.44. The number of carbonyl (C=O) groups excluding carboxylic acids is 1. The van der Waals surface area contributed by atoms with Gasteiger partial charge >= 0.3 is 0 Å². The Kier molecular flexibility index (Phi) is 7.69. The number of hydrogen-bond donors (Lipinski definition) is 0. The van der Waals surface area contributed by atoms with Crippen molar-refractivity contribution >= 4 is 27.5 Å². The van der Waals surface area contributed by atoms with E-state index in [9.17, 15) is 17.6 Å². The monoisotopic (exact) mass is 467 g/mol. The molecule has 31 heavy (non-hydrogen) atoms. The molecule has 0 aromatic heterocycles. The first-order valence-corrected chi connectivity index (χ1v) is 12.1. The maximum absolute atomic E-state index is 13.4. The summed E-state index contributed by atoms with van der Waals surface area (Å²) in [5, 5.41) is -0.237. The van der Waals surface area contributed by atoms with Crippen LogP contribution >= 0.6 is 11.6 Å². The van der Waals surface area contributed by atoms with Crippen molar-refractivity contribution in [1.82, 2.24) is 14.1 Å². The van der Waals surface area contributed by atoms with E-state index in [0.29, 0.717) is 5.56 Å². The molecule has 0 bridgehead atoms. The summed E-state index contributed by atoms with van der Waals surface area (Å²) in [7, 11) is -3.80. The number of amides is 1. The molecule has 0 radical (unpaired) electrons. The SMILES string of the molecule is CCN(CC)Cc1ccc(C(=O)N2CCN(S(=O)(=O)c3ccc(F)c(Cl)c3)CC2)cc1. The first kappa shape index (κ1) is 23.7. The summed E-state index contributed by atoms with van der Waals surface area (Å²) in [6.45, 7) is 7.92. The molecule has 1 aliphatic heterocycles. The average Bonchev–Trinajstić information content (AvgIpc) is 2.79. The molecule has 1 fully saturated rings. The molecule has 2 aromatic rings. The van der Waals surface area contributed by atoms with Crippen LogP contribution in [0.15, 0.2) is 47.4 Å².